The van der Waals surface area contributed by atoms with Crippen LogP contribution in [0, 0.1) is 0 Å². The number of carbonyl (C=O) groups excluding carboxylic acids is 5. The molecule has 2 aliphatic heterocycles. The van der Waals surface area contributed by atoms with Crippen molar-refractivity contribution < 1.29 is 38.6 Å². The number of nitrogens with one attached hydrogen (secondary N) is 5. The SMILES string of the molecule is O=C(O)CCCNC(=O)C1Cc2ccc(cc2)OCC(=O)NC(Cc2cccs2)C(=O)NC(Cc2ccc(-c3ccccc3)cc2)C(=O)NC(Cc2ccccc2)C(=O)N1. The maximum atomic E-state index is 14.5. The van der Waals surface area contributed by atoms with Crippen molar-refractivity contribution in [1.29, 1.82) is 0 Å². The molecule has 0 saturated heterocycles. The van der Waals surface area contributed by atoms with E-state index < -0.39 is 66.3 Å². The minimum Gasteiger partial charge on any atom is -0.484 e. The predicted octanol–water partition coefficient (Wildman–Crippen LogP) is 4.00. The monoisotopic (exact) mass is 829 g/mol. The molecule has 14 heteroatoms. The lowest BCUT2D eigenvalue weighted by molar-refractivity contribution is -0.137. The predicted molar refractivity (Wildman–Crippen MR) is 227 cm³/mol. The van der Waals surface area contributed by atoms with Gasteiger partial charge in [0.25, 0.3) is 5.91 Å². The molecule has 3 heterocycles. The summed E-state index contributed by atoms with van der Waals surface area (Å²) < 4.78 is 5.76. The maximum absolute atomic E-state index is 14.5. The highest BCUT2D eigenvalue weighted by molar-refractivity contribution is 7.09. The molecule has 310 valence electrons. The van der Waals surface area contributed by atoms with E-state index in [0.29, 0.717) is 11.3 Å². The minimum absolute atomic E-state index is 0.0461. The Labute approximate surface area is 351 Å². The molecule has 4 aromatic carbocycles. The molecule has 0 fully saturated rings. The van der Waals surface area contributed by atoms with Crippen LogP contribution in [-0.2, 0) is 54.5 Å². The molecule has 1 aromatic heterocycles. The fraction of sp³-hybridized carbons (Fsp3) is 0.261. The molecular weight excluding hydrogens is 783 g/mol. The number of carbonyl (C=O) groups is 6. The summed E-state index contributed by atoms with van der Waals surface area (Å²) in [5.41, 5.74) is 4.09. The van der Waals surface area contributed by atoms with Crippen LogP contribution in [-0.4, -0.2) is 77.9 Å². The second kappa shape index (κ2) is 21.3. The number of carboxylic acids is 1. The molecule has 2 bridgehead atoms. The first-order valence-corrected chi connectivity index (χ1v) is 20.6. The van der Waals surface area contributed by atoms with Gasteiger partial charge < -0.3 is 36.4 Å². The van der Waals surface area contributed by atoms with Crippen LogP contribution in [0.15, 0.2) is 127 Å². The van der Waals surface area contributed by atoms with Crippen molar-refractivity contribution in [2.75, 3.05) is 13.2 Å². The molecule has 60 heavy (non-hydrogen) atoms. The van der Waals surface area contributed by atoms with Gasteiger partial charge in [-0.1, -0.05) is 103 Å². The zero-order chi connectivity index (χ0) is 42.3. The van der Waals surface area contributed by atoms with Crippen molar-refractivity contribution in [2.45, 2.75) is 62.7 Å². The zero-order valence-electron chi connectivity index (χ0n) is 32.8. The number of thiophene rings is 1. The van der Waals surface area contributed by atoms with E-state index in [4.69, 9.17) is 9.84 Å². The molecule has 4 unspecified atom stereocenters. The van der Waals surface area contributed by atoms with E-state index in [1.807, 2.05) is 102 Å². The van der Waals surface area contributed by atoms with Gasteiger partial charge in [0.15, 0.2) is 6.61 Å². The number of hydrogen-bond acceptors (Lipinski definition) is 8. The lowest BCUT2D eigenvalue weighted by Crippen LogP contribution is -2.59. The van der Waals surface area contributed by atoms with Gasteiger partial charge in [-0.25, -0.2) is 0 Å². The van der Waals surface area contributed by atoms with Gasteiger partial charge in [-0.3, -0.25) is 28.8 Å². The number of amides is 5. The highest BCUT2D eigenvalue weighted by atomic mass is 32.1. The van der Waals surface area contributed by atoms with E-state index in [-0.39, 0.29) is 45.1 Å². The summed E-state index contributed by atoms with van der Waals surface area (Å²) in [4.78, 5) is 81.9. The summed E-state index contributed by atoms with van der Waals surface area (Å²) in [7, 11) is 0. The third-order valence-corrected chi connectivity index (χ3v) is 10.8. The highest BCUT2D eigenvalue weighted by Gasteiger charge is 2.32. The lowest BCUT2D eigenvalue weighted by Gasteiger charge is -2.27. The highest BCUT2D eigenvalue weighted by Crippen LogP contribution is 2.21. The van der Waals surface area contributed by atoms with E-state index in [1.54, 1.807) is 24.3 Å². The van der Waals surface area contributed by atoms with Gasteiger partial charge in [-0.15, -0.1) is 11.3 Å². The van der Waals surface area contributed by atoms with E-state index in [1.165, 1.54) is 11.3 Å². The second-order valence-electron chi connectivity index (χ2n) is 14.5. The average molecular weight is 830 g/mol. The number of fused-ring (bicyclic) bond motifs is 16. The van der Waals surface area contributed by atoms with Crippen LogP contribution < -0.4 is 31.3 Å². The number of benzene rings is 4. The van der Waals surface area contributed by atoms with Crippen molar-refractivity contribution in [3.63, 3.8) is 0 Å². The topological polar surface area (TPSA) is 192 Å². The van der Waals surface area contributed by atoms with Crippen molar-refractivity contribution >= 4 is 46.8 Å². The van der Waals surface area contributed by atoms with Gasteiger partial charge in [0, 0.05) is 43.5 Å². The molecule has 5 amide bonds. The Hall–Kier alpha value is -6.80. The molecule has 0 radical (unpaired) electrons. The average Bonchev–Trinajstić information content (AvgIpc) is 3.77. The summed E-state index contributed by atoms with van der Waals surface area (Å²) in [6.07, 6.45) is 0.343. The Bertz CT molecular complexity index is 2220. The molecule has 0 saturated carbocycles. The Kier molecular flexibility index (Phi) is 15.2. The lowest BCUT2D eigenvalue weighted by atomic mass is 9.99. The molecule has 6 N–H and O–H groups in total. The van der Waals surface area contributed by atoms with Crippen molar-refractivity contribution in [3.05, 3.63) is 148 Å². The smallest absolute Gasteiger partial charge is 0.303 e. The third kappa shape index (κ3) is 12.9. The van der Waals surface area contributed by atoms with Crippen LogP contribution in [0.4, 0.5) is 0 Å². The maximum Gasteiger partial charge on any atom is 0.303 e. The molecule has 13 nitrogen and oxygen atoms in total. The van der Waals surface area contributed by atoms with Gasteiger partial charge in [0.1, 0.15) is 29.9 Å². The summed E-state index contributed by atoms with van der Waals surface area (Å²) in [6.45, 7) is -0.332. The summed E-state index contributed by atoms with van der Waals surface area (Å²) in [5, 5.41) is 25.1. The first-order valence-electron chi connectivity index (χ1n) is 19.7. The number of rotatable bonds is 12. The quantitative estimate of drug-likeness (QED) is 0.0804. The van der Waals surface area contributed by atoms with Gasteiger partial charge in [0.05, 0.1) is 0 Å². The third-order valence-electron chi connectivity index (χ3n) is 9.92. The molecule has 5 aromatic rings. The first-order chi connectivity index (χ1) is 29.1. The van der Waals surface area contributed by atoms with Gasteiger partial charge in [0.2, 0.25) is 23.6 Å². The van der Waals surface area contributed by atoms with Crippen molar-refractivity contribution in [1.82, 2.24) is 26.6 Å². The fourth-order valence-electron chi connectivity index (χ4n) is 6.75. The molecule has 7 rings (SSSR count). The Morgan fingerprint density at radius 3 is 1.85 bits per heavy atom. The van der Waals surface area contributed by atoms with Crippen LogP contribution in [0.1, 0.15) is 34.4 Å². The van der Waals surface area contributed by atoms with E-state index >= 15 is 0 Å². The summed E-state index contributed by atoms with van der Waals surface area (Å²) in [5.74, 6) is -3.63. The van der Waals surface area contributed by atoms with E-state index in [9.17, 15) is 28.8 Å². The number of hydrogen-bond donors (Lipinski definition) is 6. The van der Waals surface area contributed by atoms with E-state index in [0.717, 1.165) is 27.1 Å². The molecule has 0 aliphatic carbocycles. The van der Waals surface area contributed by atoms with Gasteiger partial charge in [-0.05, 0) is 57.8 Å². The largest absolute Gasteiger partial charge is 0.484 e. The minimum atomic E-state index is -1.20. The normalized spacial score (nSPS) is 18.9. The van der Waals surface area contributed by atoms with Crippen LogP contribution >= 0.6 is 11.3 Å². The molecule has 2 aliphatic rings. The standard InChI is InChI=1S/C46H47N5O8S/c52-41-29-59-35-21-17-32(18-22-35)26-37(43(55)47-23-7-14-42(53)54)49-44(56)38(25-30-9-3-1-4-10-30)50-45(57)39(51-46(58)40(48-41)28-36-13-8-24-60-36)27-31-15-19-34(20-16-31)33-11-5-2-6-12-33/h1-6,8-13,15-22,24,37-40H,7,14,23,25-29H2,(H,47,55)(H,48,52)(H,49,56)(H,50,57)(H,51,58)(H,53,54). The van der Waals surface area contributed by atoms with Gasteiger partial charge >= 0.3 is 5.97 Å². The Morgan fingerprint density at radius 2 is 1.23 bits per heavy atom. The zero-order valence-corrected chi connectivity index (χ0v) is 33.6. The number of aliphatic carboxylic acids is 1. The van der Waals surface area contributed by atoms with Crippen molar-refractivity contribution in [2.24, 2.45) is 0 Å². The van der Waals surface area contributed by atoms with Crippen LogP contribution in [0.2, 0.25) is 0 Å². The number of ether oxygens (including phenoxy) is 1. The fourth-order valence-corrected chi connectivity index (χ4v) is 7.50. The van der Waals surface area contributed by atoms with E-state index in [2.05, 4.69) is 26.6 Å². The van der Waals surface area contributed by atoms with Crippen LogP contribution in [0.5, 0.6) is 5.75 Å². The van der Waals surface area contributed by atoms with Crippen LogP contribution in [0.3, 0.4) is 0 Å². The Morgan fingerprint density at radius 1 is 0.650 bits per heavy atom. The first kappa shape index (κ1) is 42.8. The summed E-state index contributed by atoms with van der Waals surface area (Å²) in [6, 6.07) is 32.3. The second-order valence-corrected chi connectivity index (χ2v) is 15.5. The summed E-state index contributed by atoms with van der Waals surface area (Å²) >= 11 is 1.43. The van der Waals surface area contributed by atoms with Crippen molar-refractivity contribution in [3.8, 4) is 16.9 Å². The molecular formula is C46H47N5O8S. The van der Waals surface area contributed by atoms with Crippen LogP contribution in [0.25, 0.3) is 11.1 Å². The van der Waals surface area contributed by atoms with Gasteiger partial charge in [-0.2, -0.15) is 0 Å². The molecule has 0 spiro atoms. The molecule has 4 atom stereocenters. The number of carboxylic acid groups (broad SMARTS) is 1. The Balaban J connectivity index is 1.33.